The van der Waals surface area contributed by atoms with E-state index in [-0.39, 0.29) is 18.4 Å². The van der Waals surface area contributed by atoms with Crippen molar-refractivity contribution in [3.8, 4) is 0 Å². The fourth-order valence-corrected chi connectivity index (χ4v) is 2.38. The van der Waals surface area contributed by atoms with Gasteiger partial charge in [-0.3, -0.25) is 4.79 Å². The van der Waals surface area contributed by atoms with Crippen molar-refractivity contribution in [1.82, 2.24) is 4.90 Å². The highest BCUT2D eigenvalue weighted by molar-refractivity contribution is 5.94. The van der Waals surface area contributed by atoms with Crippen LogP contribution < -0.4 is 5.73 Å². The van der Waals surface area contributed by atoms with Gasteiger partial charge in [0.25, 0.3) is 5.91 Å². The van der Waals surface area contributed by atoms with E-state index in [1.54, 1.807) is 0 Å². The first-order chi connectivity index (χ1) is 8.74. The quantitative estimate of drug-likeness (QED) is 0.822. The Morgan fingerprint density at radius 1 is 1.50 bits per heavy atom. The van der Waals surface area contributed by atoms with E-state index in [9.17, 15) is 4.79 Å². The molecular formula is C14H20N2O2. The predicted molar refractivity (Wildman–Crippen MR) is 70.3 cm³/mol. The van der Waals surface area contributed by atoms with Crippen LogP contribution in [0.4, 0.5) is 0 Å². The lowest BCUT2D eigenvalue weighted by Gasteiger charge is -2.16. The molecule has 0 aliphatic carbocycles. The number of benzene rings is 1. The first-order valence-electron chi connectivity index (χ1n) is 6.43. The van der Waals surface area contributed by atoms with E-state index in [0.717, 1.165) is 30.5 Å². The summed E-state index contributed by atoms with van der Waals surface area (Å²) < 4.78 is 0. The molecule has 3 N–H and O–H groups in total. The number of aliphatic hydroxyl groups excluding tert-OH is 1. The van der Waals surface area contributed by atoms with Crippen LogP contribution in [-0.2, 0) is 6.42 Å². The summed E-state index contributed by atoms with van der Waals surface area (Å²) in [5, 5.41) is 9.10. The van der Waals surface area contributed by atoms with Gasteiger partial charge in [0.2, 0.25) is 0 Å². The van der Waals surface area contributed by atoms with Crippen LogP contribution in [0.3, 0.4) is 0 Å². The van der Waals surface area contributed by atoms with Crippen molar-refractivity contribution in [2.75, 3.05) is 26.2 Å². The van der Waals surface area contributed by atoms with Crippen molar-refractivity contribution in [1.29, 1.82) is 0 Å². The van der Waals surface area contributed by atoms with Gasteiger partial charge in [0, 0.05) is 31.2 Å². The minimum absolute atomic E-state index is 0.0600. The third-order valence-corrected chi connectivity index (χ3v) is 3.44. The molecule has 0 aromatic heterocycles. The minimum Gasteiger partial charge on any atom is -0.396 e. The van der Waals surface area contributed by atoms with Crippen LogP contribution >= 0.6 is 0 Å². The summed E-state index contributed by atoms with van der Waals surface area (Å²) in [4.78, 5) is 14.1. The molecule has 1 aliphatic heterocycles. The van der Waals surface area contributed by atoms with Gasteiger partial charge in [-0.1, -0.05) is 12.1 Å². The first kappa shape index (κ1) is 13.1. The van der Waals surface area contributed by atoms with Gasteiger partial charge in [-0.25, -0.2) is 0 Å². The molecule has 4 heteroatoms. The first-order valence-corrected chi connectivity index (χ1v) is 6.43. The zero-order valence-electron chi connectivity index (χ0n) is 10.5. The van der Waals surface area contributed by atoms with E-state index in [4.69, 9.17) is 10.8 Å². The molecule has 1 aromatic carbocycles. The monoisotopic (exact) mass is 248 g/mol. The second-order valence-electron chi connectivity index (χ2n) is 4.83. The number of hydrogen-bond donors (Lipinski definition) is 2. The van der Waals surface area contributed by atoms with E-state index >= 15 is 0 Å². The third kappa shape index (κ3) is 2.89. The van der Waals surface area contributed by atoms with Gasteiger partial charge < -0.3 is 15.7 Å². The molecule has 0 spiro atoms. The zero-order valence-corrected chi connectivity index (χ0v) is 10.5. The van der Waals surface area contributed by atoms with Gasteiger partial charge in [0.05, 0.1) is 0 Å². The summed E-state index contributed by atoms with van der Waals surface area (Å²) in [6.45, 7) is 2.16. The molecule has 1 aromatic rings. The van der Waals surface area contributed by atoms with Crippen LogP contribution in [0, 0.1) is 5.92 Å². The molecule has 1 saturated heterocycles. The van der Waals surface area contributed by atoms with Crippen molar-refractivity contribution in [3.63, 3.8) is 0 Å². The van der Waals surface area contributed by atoms with Gasteiger partial charge in [0.1, 0.15) is 0 Å². The molecule has 0 bridgehead atoms. The molecule has 0 saturated carbocycles. The summed E-state index contributed by atoms with van der Waals surface area (Å²) in [6.07, 6.45) is 1.69. The van der Waals surface area contributed by atoms with E-state index in [1.165, 1.54) is 0 Å². The van der Waals surface area contributed by atoms with Gasteiger partial charge >= 0.3 is 0 Å². The molecule has 1 fully saturated rings. The Labute approximate surface area is 107 Å². The zero-order chi connectivity index (χ0) is 13.0. The van der Waals surface area contributed by atoms with Crippen LogP contribution in [0.2, 0.25) is 0 Å². The van der Waals surface area contributed by atoms with Gasteiger partial charge in [0.15, 0.2) is 0 Å². The Morgan fingerprint density at radius 2 is 2.33 bits per heavy atom. The molecule has 0 radical (unpaired) electrons. The number of carbonyl (C=O) groups is 1. The van der Waals surface area contributed by atoms with Crippen molar-refractivity contribution in [2.45, 2.75) is 12.8 Å². The molecule has 1 atom stereocenters. The van der Waals surface area contributed by atoms with Crippen molar-refractivity contribution < 1.29 is 9.90 Å². The smallest absolute Gasteiger partial charge is 0.253 e. The number of nitrogens with zero attached hydrogens (tertiary/aromatic N) is 1. The minimum atomic E-state index is 0.0600. The third-order valence-electron chi connectivity index (χ3n) is 3.44. The second kappa shape index (κ2) is 5.98. The molecule has 98 valence electrons. The number of rotatable bonds is 4. The van der Waals surface area contributed by atoms with Crippen LogP contribution in [0.1, 0.15) is 22.3 Å². The molecule has 1 heterocycles. The highest BCUT2D eigenvalue weighted by Gasteiger charge is 2.26. The maximum Gasteiger partial charge on any atom is 0.253 e. The highest BCUT2D eigenvalue weighted by Crippen LogP contribution is 2.18. The molecule has 1 amide bonds. The molecular weight excluding hydrogens is 228 g/mol. The largest absolute Gasteiger partial charge is 0.396 e. The topological polar surface area (TPSA) is 66.6 Å². The van der Waals surface area contributed by atoms with Crippen LogP contribution in [0.15, 0.2) is 24.3 Å². The molecule has 18 heavy (non-hydrogen) atoms. The maximum absolute atomic E-state index is 12.3. The summed E-state index contributed by atoms with van der Waals surface area (Å²) in [6, 6.07) is 7.65. The van der Waals surface area contributed by atoms with E-state index in [0.29, 0.717) is 13.1 Å². The Morgan fingerprint density at radius 3 is 3.00 bits per heavy atom. The normalized spacial score (nSPS) is 19.2. The summed E-state index contributed by atoms with van der Waals surface area (Å²) in [7, 11) is 0. The Balaban J connectivity index is 2.07. The summed E-state index contributed by atoms with van der Waals surface area (Å²) in [5.74, 6) is 0.297. The van der Waals surface area contributed by atoms with E-state index in [1.807, 2.05) is 29.2 Å². The van der Waals surface area contributed by atoms with Crippen molar-refractivity contribution in [2.24, 2.45) is 11.7 Å². The highest BCUT2D eigenvalue weighted by atomic mass is 16.3. The van der Waals surface area contributed by atoms with Crippen molar-refractivity contribution >= 4 is 5.91 Å². The van der Waals surface area contributed by atoms with Gasteiger partial charge in [-0.15, -0.1) is 0 Å². The SMILES string of the molecule is NCCc1cccc(C(=O)N2CCC(CO)C2)c1. The number of aliphatic hydroxyl groups is 1. The average molecular weight is 248 g/mol. The molecule has 2 rings (SSSR count). The Hall–Kier alpha value is -1.39. The summed E-state index contributed by atoms with van der Waals surface area (Å²) in [5.41, 5.74) is 7.34. The van der Waals surface area contributed by atoms with E-state index < -0.39 is 0 Å². The molecule has 1 unspecified atom stereocenters. The van der Waals surface area contributed by atoms with Crippen LogP contribution in [0.25, 0.3) is 0 Å². The summed E-state index contributed by atoms with van der Waals surface area (Å²) >= 11 is 0. The number of amides is 1. The lowest BCUT2D eigenvalue weighted by Crippen LogP contribution is -2.29. The number of likely N-dealkylation sites (tertiary alicyclic amines) is 1. The van der Waals surface area contributed by atoms with Crippen LogP contribution in [-0.4, -0.2) is 42.2 Å². The Kier molecular flexibility index (Phi) is 4.33. The number of nitrogens with two attached hydrogens (primary N) is 1. The fraction of sp³-hybridized carbons (Fsp3) is 0.500. The number of carbonyl (C=O) groups excluding carboxylic acids is 1. The standard InChI is InChI=1S/C14H20N2O2/c15-6-4-11-2-1-3-13(8-11)14(18)16-7-5-12(9-16)10-17/h1-3,8,12,17H,4-7,9-10,15H2. The van der Waals surface area contributed by atoms with E-state index in [2.05, 4.69) is 0 Å². The van der Waals surface area contributed by atoms with Crippen LogP contribution in [0.5, 0.6) is 0 Å². The molecule has 1 aliphatic rings. The fourth-order valence-electron chi connectivity index (χ4n) is 2.38. The molecule has 4 nitrogen and oxygen atoms in total. The Bertz CT molecular complexity index is 420. The van der Waals surface area contributed by atoms with Crippen molar-refractivity contribution in [3.05, 3.63) is 35.4 Å². The maximum atomic E-state index is 12.3. The number of hydrogen-bond acceptors (Lipinski definition) is 3. The predicted octanol–water partition coefficient (Wildman–Crippen LogP) is 0.642. The second-order valence-corrected chi connectivity index (χ2v) is 4.83. The van der Waals surface area contributed by atoms with Gasteiger partial charge in [-0.05, 0) is 37.1 Å². The van der Waals surface area contributed by atoms with Gasteiger partial charge in [-0.2, -0.15) is 0 Å². The lowest BCUT2D eigenvalue weighted by atomic mass is 10.1. The average Bonchev–Trinajstić information content (AvgIpc) is 2.87. The lowest BCUT2D eigenvalue weighted by molar-refractivity contribution is 0.0782.